The maximum absolute atomic E-state index is 8.76. The van der Waals surface area contributed by atoms with Crippen molar-refractivity contribution in [3.63, 3.8) is 0 Å². The minimum absolute atomic E-state index is 0.291. The summed E-state index contributed by atoms with van der Waals surface area (Å²) in [4.78, 5) is 3.99. The van der Waals surface area contributed by atoms with E-state index < -0.39 is 0 Å². The van der Waals surface area contributed by atoms with Crippen molar-refractivity contribution in [3.8, 4) is 11.8 Å². The first-order chi connectivity index (χ1) is 7.78. The Labute approximate surface area is 96.1 Å². The summed E-state index contributed by atoms with van der Waals surface area (Å²) < 4.78 is 5.85. The minimum Gasteiger partial charge on any atom is -0.489 e. The average molecular weight is 216 g/mol. The molecule has 0 N–H and O–H groups in total. The monoisotopic (exact) mass is 216 g/mol. The Morgan fingerprint density at radius 3 is 3.06 bits per heavy atom. The summed E-state index contributed by atoms with van der Waals surface area (Å²) in [7, 11) is 0. The number of pyridine rings is 1. The Balaban J connectivity index is 2.00. The SMILES string of the molecule is CC1CCCC(Oc2cncc(C#N)c2)C1. The molecule has 3 nitrogen and oxygen atoms in total. The maximum Gasteiger partial charge on any atom is 0.139 e. The van der Waals surface area contributed by atoms with E-state index in [1.54, 1.807) is 18.5 Å². The van der Waals surface area contributed by atoms with E-state index in [1.165, 1.54) is 12.8 Å². The van der Waals surface area contributed by atoms with E-state index in [4.69, 9.17) is 10.00 Å². The van der Waals surface area contributed by atoms with Crippen LogP contribution in [0, 0.1) is 17.2 Å². The molecule has 0 radical (unpaired) electrons. The number of hydrogen-bond donors (Lipinski definition) is 0. The van der Waals surface area contributed by atoms with Gasteiger partial charge in [-0.2, -0.15) is 5.26 Å². The molecule has 3 heteroatoms. The van der Waals surface area contributed by atoms with Gasteiger partial charge >= 0.3 is 0 Å². The number of hydrogen-bond acceptors (Lipinski definition) is 3. The van der Waals surface area contributed by atoms with Crippen LogP contribution in [-0.2, 0) is 0 Å². The summed E-state index contributed by atoms with van der Waals surface area (Å²) in [6, 6.07) is 3.83. The molecule has 84 valence electrons. The van der Waals surface area contributed by atoms with Crippen LogP contribution in [0.25, 0.3) is 0 Å². The zero-order valence-electron chi connectivity index (χ0n) is 9.52. The smallest absolute Gasteiger partial charge is 0.139 e. The summed E-state index contributed by atoms with van der Waals surface area (Å²) in [6.45, 7) is 2.26. The molecule has 0 saturated heterocycles. The van der Waals surface area contributed by atoms with Crippen LogP contribution in [0.3, 0.4) is 0 Å². The van der Waals surface area contributed by atoms with E-state index in [-0.39, 0.29) is 0 Å². The number of aromatic nitrogens is 1. The fourth-order valence-electron chi connectivity index (χ4n) is 2.22. The molecule has 0 aromatic carbocycles. The van der Waals surface area contributed by atoms with Gasteiger partial charge in [0.15, 0.2) is 0 Å². The van der Waals surface area contributed by atoms with E-state index in [2.05, 4.69) is 18.0 Å². The molecule has 16 heavy (non-hydrogen) atoms. The lowest BCUT2D eigenvalue weighted by atomic mass is 9.89. The first-order valence-corrected chi connectivity index (χ1v) is 5.79. The van der Waals surface area contributed by atoms with Crippen molar-refractivity contribution in [3.05, 3.63) is 24.0 Å². The highest BCUT2D eigenvalue weighted by atomic mass is 16.5. The molecule has 1 fully saturated rings. The third-order valence-electron chi connectivity index (χ3n) is 3.03. The van der Waals surface area contributed by atoms with Crippen LogP contribution in [0.2, 0.25) is 0 Å². The fraction of sp³-hybridized carbons (Fsp3) is 0.538. The van der Waals surface area contributed by atoms with Gasteiger partial charge in [0.05, 0.1) is 17.9 Å². The number of rotatable bonds is 2. The lowest BCUT2D eigenvalue weighted by Gasteiger charge is -2.27. The zero-order chi connectivity index (χ0) is 11.4. The molecule has 2 rings (SSSR count). The van der Waals surface area contributed by atoms with Gasteiger partial charge in [-0.25, -0.2) is 0 Å². The first-order valence-electron chi connectivity index (χ1n) is 5.79. The molecule has 0 spiro atoms. The van der Waals surface area contributed by atoms with Gasteiger partial charge in [-0.3, -0.25) is 4.98 Å². The van der Waals surface area contributed by atoms with Crippen LogP contribution in [-0.4, -0.2) is 11.1 Å². The second-order valence-electron chi connectivity index (χ2n) is 4.53. The average Bonchev–Trinajstić information content (AvgIpc) is 2.29. The van der Waals surface area contributed by atoms with Crippen molar-refractivity contribution >= 4 is 0 Å². The molecule has 1 aromatic rings. The third-order valence-corrected chi connectivity index (χ3v) is 3.03. The van der Waals surface area contributed by atoms with Crippen LogP contribution in [0.4, 0.5) is 0 Å². The summed E-state index contributed by atoms with van der Waals surface area (Å²) in [5.41, 5.74) is 0.557. The quantitative estimate of drug-likeness (QED) is 0.763. The van der Waals surface area contributed by atoms with E-state index in [0.29, 0.717) is 11.7 Å². The Bertz CT molecular complexity index is 397. The van der Waals surface area contributed by atoms with Crippen molar-refractivity contribution in [2.45, 2.75) is 38.7 Å². The van der Waals surface area contributed by atoms with Crippen LogP contribution >= 0.6 is 0 Å². The standard InChI is InChI=1S/C13H16N2O/c1-10-3-2-4-12(5-10)16-13-6-11(7-14)8-15-9-13/h6,8-10,12H,2-5H2,1H3. The Morgan fingerprint density at radius 2 is 2.31 bits per heavy atom. The van der Waals surface area contributed by atoms with Crippen LogP contribution in [0.15, 0.2) is 18.5 Å². The molecule has 0 bridgehead atoms. The van der Waals surface area contributed by atoms with Gasteiger partial charge < -0.3 is 4.74 Å². The molecule has 1 aliphatic carbocycles. The largest absolute Gasteiger partial charge is 0.489 e. The van der Waals surface area contributed by atoms with Crippen molar-refractivity contribution in [1.29, 1.82) is 5.26 Å². The van der Waals surface area contributed by atoms with E-state index in [0.717, 1.165) is 24.5 Å². The maximum atomic E-state index is 8.76. The fourth-order valence-corrected chi connectivity index (χ4v) is 2.22. The van der Waals surface area contributed by atoms with Crippen molar-refractivity contribution in [2.24, 2.45) is 5.92 Å². The second-order valence-corrected chi connectivity index (χ2v) is 4.53. The highest BCUT2D eigenvalue weighted by Gasteiger charge is 2.20. The second kappa shape index (κ2) is 4.98. The molecule has 1 aliphatic rings. The third kappa shape index (κ3) is 2.73. The van der Waals surface area contributed by atoms with Crippen molar-refractivity contribution in [2.75, 3.05) is 0 Å². The number of ether oxygens (including phenoxy) is 1. The molecule has 1 aromatic heterocycles. The highest BCUT2D eigenvalue weighted by molar-refractivity contribution is 5.32. The molecule has 1 saturated carbocycles. The van der Waals surface area contributed by atoms with Gasteiger partial charge in [0.25, 0.3) is 0 Å². The van der Waals surface area contributed by atoms with Crippen molar-refractivity contribution < 1.29 is 4.74 Å². The van der Waals surface area contributed by atoms with Gasteiger partial charge in [-0.05, 0) is 25.2 Å². The summed E-state index contributed by atoms with van der Waals surface area (Å²) in [6.07, 6.45) is 8.28. The van der Waals surface area contributed by atoms with Gasteiger partial charge in [0.2, 0.25) is 0 Å². The normalized spacial score (nSPS) is 24.8. The zero-order valence-corrected chi connectivity index (χ0v) is 9.52. The Morgan fingerprint density at radius 1 is 1.44 bits per heavy atom. The number of nitriles is 1. The van der Waals surface area contributed by atoms with Gasteiger partial charge in [-0.1, -0.05) is 13.3 Å². The Hall–Kier alpha value is -1.56. The van der Waals surface area contributed by atoms with E-state index in [9.17, 15) is 0 Å². The predicted octanol–water partition coefficient (Wildman–Crippen LogP) is 2.91. The Kier molecular flexibility index (Phi) is 3.40. The molecular formula is C13H16N2O. The molecular weight excluding hydrogens is 200 g/mol. The molecule has 2 unspecified atom stereocenters. The lowest BCUT2D eigenvalue weighted by Crippen LogP contribution is -2.24. The predicted molar refractivity (Wildman–Crippen MR) is 61.0 cm³/mol. The van der Waals surface area contributed by atoms with Gasteiger partial charge in [0, 0.05) is 12.3 Å². The lowest BCUT2D eigenvalue weighted by molar-refractivity contribution is 0.129. The highest BCUT2D eigenvalue weighted by Crippen LogP contribution is 2.27. The number of nitrogens with zero attached hydrogens (tertiary/aromatic N) is 2. The first kappa shape index (κ1) is 10.9. The topological polar surface area (TPSA) is 45.9 Å². The summed E-state index contributed by atoms with van der Waals surface area (Å²) in [5.74, 6) is 1.46. The summed E-state index contributed by atoms with van der Waals surface area (Å²) in [5, 5.41) is 8.76. The van der Waals surface area contributed by atoms with Crippen LogP contribution in [0.5, 0.6) is 5.75 Å². The molecule has 0 aliphatic heterocycles. The van der Waals surface area contributed by atoms with E-state index in [1.807, 2.05) is 0 Å². The van der Waals surface area contributed by atoms with E-state index >= 15 is 0 Å². The molecule has 2 atom stereocenters. The summed E-state index contributed by atoms with van der Waals surface area (Å²) >= 11 is 0. The van der Waals surface area contributed by atoms with Crippen LogP contribution in [0.1, 0.15) is 38.2 Å². The van der Waals surface area contributed by atoms with Gasteiger partial charge in [-0.15, -0.1) is 0 Å². The molecule has 1 heterocycles. The van der Waals surface area contributed by atoms with Crippen molar-refractivity contribution in [1.82, 2.24) is 4.98 Å². The molecule has 0 amide bonds. The van der Waals surface area contributed by atoms with Gasteiger partial charge in [0.1, 0.15) is 11.8 Å². The minimum atomic E-state index is 0.291. The van der Waals surface area contributed by atoms with Crippen LogP contribution < -0.4 is 4.74 Å².